The van der Waals surface area contributed by atoms with Crippen LogP contribution in [0.2, 0.25) is 5.02 Å². The Labute approximate surface area is 156 Å². The number of nitrogens with one attached hydrogen (secondary N) is 1. The highest BCUT2D eigenvalue weighted by Crippen LogP contribution is 2.32. The predicted molar refractivity (Wildman–Crippen MR) is 99.2 cm³/mol. The molecule has 2 aromatic carbocycles. The van der Waals surface area contributed by atoms with Crippen molar-refractivity contribution in [2.75, 3.05) is 37.0 Å². The Balaban J connectivity index is 1.62. The quantitative estimate of drug-likeness (QED) is 0.818. The van der Waals surface area contributed by atoms with E-state index in [0.29, 0.717) is 31.7 Å². The first-order valence-corrected chi connectivity index (χ1v) is 8.80. The molecule has 26 heavy (non-hydrogen) atoms. The summed E-state index contributed by atoms with van der Waals surface area (Å²) in [7, 11) is 1.82. The number of rotatable bonds is 5. The van der Waals surface area contributed by atoms with Gasteiger partial charge in [0.15, 0.2) is 11.6 Å². The van der Waals surface area contributed by atoms with E-state index in [1.807, 2.05) is 31.3 Å². The zero-order valence-corrected chi connectivity index (χ0v) is 15.2. The molecule has 0 radical (unpaired) electrons. The van der Waals surface area contributed by atoms with Crippen LogP contribution in [0.5, 0.6) is 5.75 Å². The number of piperidine rings is 1. The van der Waals surface area contributed by atoms with Crippen LogP contribution in [-0.2, 0) is 0 Å². The summed E-state index contributed by atoms with van der Waals surface area (Å²) < 4.78 is 33.9. The molecular weight excluding hydrogens is 362 g/mol. The van der Waals surface area contributed by atoms with Crippen LogP contribution in [0.15, 0.2) is 36.4 Å². The van der Waals surface area contributed by atoms with Crippen molar-refractivity contribution < 1.29 is 18.6 Å². The van der Waals surface area contributed by atoms with Crippen LogP contribution >= 0.6 is 11.6 Å². The SMILES string of the molecule is CNc1cccc(OCC2(O)CCN(c3c(F)cc(Cl)cc3F)CC2)c1. The van der Waals surface area contributed by atoms with Gasteiger partial charge in [-0.15, -0.1) is 0 Å². The molecule has 0 amide bonds. The van der Waals surface area contributed by atoms with E-state index in [-0.39, 0.29) is 17.3 Å². The summed E-state index contributed by atoms with van der Waals surface area (Å²) in [5.74, 6) is -0.733. The molecule has 2 N–H and O–H groups in total. The molecule has 4 nitrogen and oxygen atoms in total. The summed E-state index contributed by atoms with van der Waals surface area (Å²) in [6.07, 6.45) is 0.695. The lowest BCUT2D eigenvalue weighted by Gasteiger charge is -2.39. The van der Waals surface area contributed by atoms with Crippen molar-refractivity contribution in [2.45, 2.75) is 18.4 Å². The maximum Gasteiger partial charge on any atom is 0.150 e. The van der Waals surface area contributed by atoms with Gasteiger partial charge in [0.2, 0.25) is 0 Å². The normalized spacial score (nSPS) is 16.4. The highest BCUT2D eigenvalue weighted by atomic mass is 35.5. The van der Waals surface area contributed by atoms with Gasteiger partial charge in [0.05, 0.1) is 0 Å². The Morgan fingerprint density at radius 1 is 1.19 bits per heavy atom. The van der Waals surface area contributed by atoms with Crippen molar-refractivity contribution in [1.82, 2.24) is 0 Å². The molecule has 1 heterocycles. The third-order valence-corrected chi connectivity index (χ3v) is 4.84. The Kier molecular flexibility index (Phi) is 5.53. The molecule has 1 saturated heterocycles. The van der Waals surface area contributed by atoms with Gasteiger partial charge in [-0.3, -0.25) is 0 Å². The van der Waals surface area contributed by atoms with E-state index in [2.05, 4.69) is 5.32 Å². The third-order valence-electron chi connectivity index (χ3n) is 4.62. The van der Waals surface area contributed by atoms with Crippen LogP contribution in [0, 0.1) is 11.6 Å². The summed E-state index contributed by atoms with van der Waals surface area (Å²) in [6, 6.07) is 9.63. The Morgan fingerprint density at radius 3 is 2.46 bits per heavy atom. The van der Waals surface area contributed by atoms with E-state index >= 15 is 0 Å². The molecule has 1 aliphatic rings. The van der Waals surface area contributed by atoms with Crippen LogP contribution < -0.4 is 15.0 Å². The lowest BCUT2D eigenvalue weighted by atomic mass is 9.92. The lowest BCUT2D eigenvalue weighted by Crippen LogP contribution is -2.48. The second kappa shape index (κ2) is 7.68. The van der Waals surface area contributed by atoms with E-state index in [9.17, 15) is 13.9 Å². The number of hydrogen-bond donors (Lipinski definition) is 2. The molecule has 0 saturated carbocycles. The number of ether oxygens (including phenoxy) is 1. The van der Waals surface area contributed by atoms with Gasteiger partial charge in [-0.05, 0) is 37.1 Å². The fourth-order valence-corrected chi connectivity index (χ4v) is 3.28. The third kappa shape index (κ3) is 4.19. The van der Waals surface area contributed by atoms with Gasteiger partial charge in [0.1, 0.15) is 23.6 Å². The molecule has 1 fully saturated rings. The van der Waals surface area contributed by atoms with Gasteiger partial charge >= 0.3 is 0 Å². The minimum atomic E-state index is -1.04. The molecule has 0 unspecified atom stereocenters. The number of halogens is 3. The number of aliphatic hydroxyl groups is 1. The highest BCUT2D eigenvalue weighted by Gasteiger charge is 2.34. The fourth-order valence-electron chi connectivity index (χ4n) is 3.09. The molecule has 2 aromatic rings. The number of benzene rings is 2. The van der Waals surface area contributed by atoms with Crippen LogP contribution in [0.4, 0.5) is 20.2 Å². The number of nitrogens with zero attached hydrogens (tertiary/aromatic N) is 1. The van der Waals surface area contributed by atoms with Crippen molar-refractivity contribution in [3.63, 3.8) is 0 Å². The maximum atomic E-state index is 14.1. The maximum absolute atomic E-state index is 14.1. The summed E-state index contributed by atoms with van der Waals surface area (Å²) in [5.41, 5.74) is -0.219. The summed E-state index contributed by atoms with van der Waals surface area (Å²) in [6.45, 7) is 0.775. The van der Waals surface area contributed by atoms with Gasteiger partial charge in [-0.2, -0.15) is 0 Å². The summed E-state index contributed by atoms with van der Waals surface area (Å²) >= 11 is 5.67. The zero-order valence-electron chi connectivity index (χ0n) is 14.4. The molecule has 0 spiro atoms. The van der Waals surface area contributed by atoms with Crippen molar-refractivity contribution in [3.8, 4) is 5.75 Å². The minimum Gasteiger partial charge on any atom is -0.491 e. The van der Waals surface area contributed by atoms with Crippen molar-refractivity contribution in [2.24, 2.45) is 0 Å². The predicted octanol–water partition coefficient (Wildman–Crippen LogP) is 4.07. The second-order valence-corrected chi connectivity index (χ2v) is 6.93. The van der Waals surface area contributed by atoms with Crippen molar-refractivity contribution >= 4 is 23.0 Å². The molecule has 7 heteroatoms. The summed E-state index contributed by atoms with van der Waals surface area (Å²) in [5, 5.41) is 13.8. The first kappa shape index (κ1) is 18.7. The lowest BCUT2D eigenvalue weighted by molar-refractivity contribution is -0.0242. The average molecular weight is 383 g/mol. The smallest absolute Gasteiger partial charge is 0.150 e. The van der Waals surface area contributed by atoms with Gasteiger partial charge in [-0.25, -0.2) is 8.78 Å². The van der Waals surface area contributed by atoms with E-state index in [1.54, 1.807) is 4.90 Å². The molecule has 0 atom stereocenters. The van der Waals surface area contributed by atoms with Gasteiger partial charge in [-0.1, -0.05) is 17.7 Å². The van der Waals surface area contributed by atoms with Crippen LogP contribution in [-0.4, -0.2) is 37.5 Å². The van der Waals surface area contributed by atoms with E-state index in [4.69, 9.17) is 16.3 Å². The van der Waals surface area contributed by atoms with E-state index in [0.717, 1.165) is 17.8 Å². The van der Waals surface area contributed by atoms with Crippen LogP contribution in [0.25, 0.3) is 0 Å². The average Bonchev–Trinajstić information content (AvgIpc) is 2.61. The molecule has 3 rings (SSSR count). The minimum absolute atomic E-state index is 0.0227. The molecule has 0 aromatic heterocycles. The van der Waals surface area contributed by atoms with Gasteiger partial charge in [0.25, 0.3) is 0 Å². The van der Waals surface area contributed by atoms with Crippen LogP contribution in [0.1, 0.15) is 12.8 Å². The number of anilines is 2. The monoisotopic (exact) mass is 382 g/mol. The topological polar surface area (TPSA) is 44.7 Å². The highest BCUT2D eigenvalue weighted by molar-refractivity contribution is 6.30. The Hall–Kier alpha value is -2.05. The van der Waals surface area contributed by atoms with Crippen LogP contribution in [0.3, 0.4) is 0 Å². The Bertz CT molecular complexity index is 757. The van der Waals surface area contributed by atoms with E-state index in [1.165, 1.54) is 0 Å². The Morgan fingerprint density at radius 2 is 1.85 bits per heavy atom. The first-order valence-electron chi connectivity index (χ1n) is 8.43. The molecule has 0 aliphatic carbocycles. The standard InChI is InChI=1S/C19H21ClF2N2O2/c1-23-14-3-2-4-15(11-14)26-12-19(25)5-7-24(8-6-19)18-16(21)9-13(20)10-17(18)22/h2-4,9-11,23,25H,5-8,12H2,1H3. The molecule has 140 valence electrons. The zero-order chi connectivity index (χ0) is 18.7. The van der Waals surface area contributed by atoms with Crippen molar-refractivity contribution in [1.29, 1.82) is 0 Å². The van der Waals surface area contributed by atoms with Crippen molar-refractivity contribution in [3.05, 3.63) is 53.1 Å². The largest absolute Gasteiger partial charge is 0.491 e. The fraction of sp³-hybridized carbons (Fsp3) is 0.368. The van der Waals surface area contributed by atoms with Gasteiger partial charge in [0, 0.05) is 36.9 Å². The molecular formula is C19H21ClF2N2O2. The summed E-state index contributed by atoms with van der Waals surface area (Å²) in [4.78, 5) is 1.59. The number of hydrogen-bond acceptors (Lipinski definition) is 4. The van der Waals surface area contributed by atoms with Gasteiger partial charge < -0.3 is 20.1 Å². The molecule has 0 bridgehead atoms. The van der Waals surface area contributed by atoms with E-state index < -0.39 is 17.2 Å². The second-order valence-electron chi connectivity index (χ2n) is 6.50. The molecule has 1 aliphatic heterocycles. The first-order chi connectivity index (χ1) is 12.4.